The lowest BCUT2D eigenvalue weighted by molar-refractivity contribution is -0.143. The van der Waals surface area contributed by atoms with E-state index < -0.39 is 12.1 Å². The summed E-state index contributed by atoms with van der Waals surface area (Å²) in [6, 6.07) is -0.540. The van der Waals surface area contributed by atoms with E-state index in [4.69, 9.17) is 4.74 Å². The zero-order valence-corrected chi connectivity index (χ0v) is 60.3. The number of aliphatic hydroxyl groups excluding tert-OH is 2. The third-order valence-electron chi connectivity index (χ3n) is 19.6. The van der Waals surface area contributed by atoms with Gasteiger partial charge in [0.05, 0.1) is 25.4 Å². The summed E-state index contributed by atoms with van der Waals surface area (Å²) in [4.78, 5) is 24.7. The molecule has 0 spiro atoms. The Labute approximate surface area is 552 Å². The summed E-state index contributed by atoms with van der Waals surface area (Å²) in [7, 11) is 0. The van der Waals surface area contributed by atoms with Gasteiger partial charge in [0.15, 0.2) is 0 Å². The fourth-order valence-electron chi connectivity index (χ4n) is 13.3. The normalized spacial score (nSPS) is 12.5. The van der Waals surface area contributed by atoms with Crippen LogP contribution in [0.4, 0.5) is 0 Å². The van der Waals surface area contributed by atoms with E-state index in [1.165, 1.54) is 405 Å². The van der Waals surface area contributed by atoms with Crippen LogP contribution in [0.3, 0.4) is 0 Å². The van der Waals surface area contributed by atoms with Crippen molar-refractivity contribution < 1.29 is 24.5 Å². The Hall–Kier alpha value is -1.40. The van der Waals surface area contributed by atoms with Gasteiger partial charge in [0.25, 0.3) is 0 Å². The number of hydrogen-bond acceptors (Lipinski definition) is 5. The molecule has 0 aliphatic heterocycles. The molecule has 0 bridgehead atoms. The lowest BCUT2D eigenvalue weighted by atomic mass is 10.0. The number of carbonyl (C=O) groups is 2. The molecule has 0 fully saturated rings. The van der Waals surface area contributed by atoms with Gasteiger partial charge in [0, 0.05) is 12.8 Å². The number of aliphatic hydroxyl groups is 2. The van der Waals surface area contributed by atoms with Gasteiger partial charge < -0.3 is 20.3 Å². The van der Waals surface area contributed by atoms with Crippen LogP contribution < -0.4 is 5.32 Å². The topological polar surface area (TPSA) is 95.9 Å². The second-order valence-corrected chi connectivity index (χ2v) is 28.5. The summed E-state index contributed by atoms with van der Waals surface area (Å²) in [5.74, 6) is -0.00231. The van der Waals surface area contributed by atoms with Crippen LogP contribution in [0.1, 0.15) is 476 Å². The Morgan fingerprint density at radius 2 is 0.534 bits per heavy atom. The number of hydrogen-bond donors (Lipinski definition) is 3. The van der Waals surface area contributed by atoms with Crippen molar-refractivity contribution in [3.05, 3.63) is 12.2 Å². The van der Waals surface area contributed by atoms with Crippen molar-refractivity contribution in [1.82, 2.24) is 5.32 Å². The van der Waals surface area contributed by atoms with Crippen LogP contribution >= 0.6 is 0 Å². The minimum atomic E-state index is -0.663. The SMILES string of the molecule is CCCCCCCCCCCCCCCCCCCCCCC(O)C(CO)NC(=O)CCCCCCCCCCCCCCCCCC/C=C\CCCCCCCCCCCCCCOC(=O)CCCCCCCCCCCCCCCCCCCCC. The van der Waals surface area contributed by atoms with Crippen LogP contribution in [-0.4, -0.2) is 47.4 Å². The van der Waals surface area contributed by atoms with Gasteiger partial charge in [-0.2, -0.15) is 0 Å². The maximum atomic E-state index is 12.6. The van der Waals surface area contributed by atoms with E-state index >= 15 is 0 Å². The highest BCUT2D eigenvalue weighted by molar-refractivity contribution is 5.76. The van der Waals surface area contributed by atoms with Gasteiger partial charge in [0.2, 0.25) is 5.91 Å². The first-order valence-electron chi connectivity index (χ1n) is 40.9. The largest absolute Gasteiger partial charge is 0.466 e. The van der Waals surface area contributed by atoms with E-state index in [0.717, 1.165) is 38.5 Å². The first kappa shape index (κ1) is 86.6. The highest BCUT2D eigenvalue weighted by atomic mass is 16.5. The Balaban J connectivity index is 3.33. The van der Waals surface area contributed by atoms with Gasteiger partial charge in [-0.1, -0.05) is 424 Å². The predicted octanol–water partition coefficient (Wildman–Crippen LogP) is 27.1. The molecular weight excluding hydrogens is 1080 g/mol. The number of allylic oxidation sites excluding steroid dienone is 2. The molecule has 0 radical (unpaired) electrons. The molecule has 524 valence electrons. The van der Waals surface area contributed by atoms with E-state index in [1.807, 2.05) is 0 Å². The number of rotatable bonds is 78. The molecule has 2 atom stereocenters. The second-order valence-electron chi connectivity index (χ2n) is 28.5. The first-order chi connectivity index (χ1) is 43.5. The summed E-state index contributed by atoms with van der Waals surface area (Å²) in [5.41, 5.74) is 0. The standard InChI is InChI=1S/C82H161NO5/c1-3-5-7-9-11-13-15-17-19-21-23-39-42-46-50-54-58-62-66-70-74-80(85)79(78-84)83-81(86)75-71-67-63-59-55-51-47-43-40-36-34-32-30-28-26-24-25-27-29-31-33-35-37-41-45-49-53-57-61-65-69-73-77-88-82(87)76-72-68-64-60-56-52-48-44-38-22-20-18-16-14-12-10-8-6-4-2/h27,29,79-80,84-85H,3-26,28,30-78H2,1-2H3,(H,83,86)/b29-27-. The molecule has 1 amide bonds. The summed E-state index contributed by atoms with van der Waals surface area (Å²) in [6.07, 6.45) is 98.9. The fraction of sp³-hybridized carbons (Fsp3) is 0.951. The molecule has 0 aromatic rings. The summed E-state index contributed by atoms with van der Waals surface area (Å²) >= 11 is 0. The molecule has 0 aliphatic rings. The number of ether oxygens (including phenoxy) is 1. The fourth-order valence-corrected chi connectivity index (χ4v) is 13.3. The molecule has 0 rings (SSSR count). The van der Waals surface area contributed by atoms with Crippen LogP contribution in [-0.2, 0) is 14.3 Å². The van der Waals surface area contributed by atoms with E-state index in [-0.39, 0.29) is 18.5 Å². The van der Waals surface area contributed by atoms with Crippen LogP contribution in [0.5, 0.6) is 0 Å². The number of esters is 1. The molecule has 88 heavy (non-hydrogen) atoms. The van der Waals surface area contributed by atoms with Crippen molar-refractivity contribution >= 4 is 11.9 Å². The molecule has 0 aliphatic carbocycles. The highest BCUT2D eigenvalue weighted by Gasteiger charge is 2.20. The third kappa shape index (κ3) is 73.6. The molecule has 6 nitrogen and oxygen atoms in total. The Kier molecular flexibility index (Phi) is 76.8. The lowest BCUT2D eigenvalue weighted by Gasteiger charge is -2.22. The van der Waals surface area contributed by atoms with Crippen molar-refractivity contribution in [3.63, 3.8) is 0 Å². The molecule has 0 saturated carbocycles. The first-order valence-corrected chi connectivity index (χ1v) is 40.9. The summed E-state index contributed by atoms with van der Waals surface area (Å²) in [6.45, 7) is 5.02. The van der Waals surface area contributed by atoms with Gasteiger partial charge in [-0.25, -0.2) is 0 Å². The van der Waals surface area contributed by atoms with Crippen LogP contribution in [0, 0.1) is 0 Å². The van der Waals surface area contributed by atoms with E-state index in [1.54, 1.807) is 0 Å². The van der Waals surface area contributed by atoms with Gasteiger partial charge in [0.1, 0.15) is 0 Å². The molecule has 0 aromatic heterocycles. The number of amides is 1. The Morgan fingerprint density at radius 1 is 0.307 bits per heavy atom. The third-order valence-corrected chi connectivity index (χ3v) is 19.6. The van der Waals surface area contributed by atoms with Gasteiger partial charge in [-0.15, -0.1) is 0 Å². The maximum Gasteiger partial charge on any atom is 0.305 e. The quantitative estimate of drug-likeness (QED) is 0.0320. The van der Waals surface area contributed by atoms with Crippen molar-refractivity contribution in [3.8, 4) is 0 Å². The summed E-state index contributed by atoms with van der Waals surface area (Å²) in [5, 5.41) is 23.4. The average Bonchev–Trinajstić information content (AvgIpc) is 3.58. The molecule has 3 N–H and O–H groups in total. The number of carbonyl (C=O) groups excluding carboxylic acids is 2. The van der Waals surface area contributed by atoms with Crippen molar-refractivity contribution in [2.24, 2.45) is 0 Å². The predicted molar refractivity (Wildman–Crippen MR) is 389 cm³/mol. The van der Waals surface area contributed by atoms with Crippen LogP contribution in [0.2, 0.25) is 0 Å². The molecular formula is C82H161NO5. The maximum absolute atomic E-state index is 12.6. The monoisotopic (exact) mass is 1240 g/mol. The molecule has 0 aromatic carbocycles. The minimum absolute atomic E-state index is 0.0245. The Morgan fingerprint density at radius 3 is 0.807 bits per heavy atom. The number of unbranched alkanes of at least 4 members (excludes halogenated alkanes) is 65. The molecule has 0 saturated heterocycles. The minimum Gasteiger partial charge on any atom is -0.466 e. The zero-order chi connectivity index (χ0) is 63.5. The van der Waals surface area contributed by atoms with Gasteiger partial charge in [-0.3, -0.25) is 9.59 Å². The smallest absolute Gasteiger partial charge is 0.305 e. The van der Waals surface area contributed by atoms with Crippen molar-refractivity contribution in [2.75, 3.05) is 13.2 Å². The van der Waals surface area contributed by atoms with Crippen LogP contribution in [0.25, 0.3) is 0 Å². The van der Waals surface area contributed by atoms with Crippen molar-refractivity contribution in [2.45, 2.75) is 488 Å². The van der Waals surface area contributed by atoms with E-state index in [0.29, 0.717) is 25.9 Å². The Bertz CT molecular complexity index is 1340. The van der Waals surface area contributed by atoms with E-state index in [9.17, 15) is 19.8 Å². The molecule has 6 heteroatoms. The zero-order valence-electron chi connectivity index (χ0n) is 60.3. The summed E-state index contributed by atoms with van der Waals surface area (Å²) < 4.78 is 5.52. The van der Waals surface area contributed by atoms with Crippen molar-refractivity contribution in [1.29, 1.82) is 0 Å². The molecule has 2 unspecified atom stereocenters. The van der Waals surface area contributed by atoms with E-state index in [2.05, 4.69) is 31.3 Å². The van der Waals surface area contributed by atoms with Gasteiger partial charge in [-0.05, 0) is 51.4 Å². The average molecular weight is 1240 g/mol. The van der Waals surface area contributed by atoms with Gasteiger partial charge >= 0.3 is 5.97 Å². The lowest BCUT2D eigenvalue weighted by Crippen LogP contribution is -2.45. The molecule has 0 heterocycles. The number of nitrogens with one attached hydrogen (secondary N) is 1. The highest BCUT2D eigenvalue weighted by Crippen LogP contribution is 2.21. The second kappa shape index (κ2) is 78.0. The van der Waals surface area contributed by atoms with Crippen LogP contribution in [0.15, 0.2) is 12.2 Å².